The molecule has 0 unspecified atom stereocenters. The molecule has 0 saturated heterocycles. The first-order valence-corrected chi connectivity index (χ1v) is 6.74. The zero-order valence-corrected chi connectivity index (χ0v) is 12.0. The molecule has 5 nitrogen and oxygen atoms in total. The highest BCUT2D eigenvalue weighted by molar-refractivity contribution is 9.10. The molecule has 0 aliphatic carbocycles. The molecular formula is C14H11BrN4O. The molecule has 6 heteroatoms. The normalized spacial score (nSPS) is 10.7. The number of nitrogen functional groups attached to an aromatic ring is 1. The summed E-state index contributed by atoms with van der Waals surface area (Å²) in [6.45, 7) is 0. The van der Waals surface area contributed by atoms with Crippen molar-refractivity contribution in [1.29, 1.82) is 0 Å². The fourth-order valence-electron chi connectivity index (χ4n) is 1.93. The molecule has 3 N–H and O–H groups in total. The van der Waals surface area contributed by atoms with E-state index in [4.69, 9.17) is 5.73 Å². The summed E-state index contributed by atoms with van der Waals surface area (Å²) in [6.07, 6.45) is 1.77. The predicted octanol–water partition coefficient (Wildman–Crippen LogP) is 2.93. The number of rotatable bonds is 2. The molecule has 20 heavy (non-hydrogen) atoms. The van der Waals surface area contributed by atoms with Crippen molar-refractivity contribution < 1.29 is 4.79 Å². The van der Waals surface area contributed by atoms with E-state index in [-0.39, 0.29) is 11.6 Å². The number of pyridine rings is 1. The monoisotopic (exact) mass is 330 g/mol. The molecule has 0 spiro atoms. The Morgan fingerprint density at radius 1 is 1.20 bits per heavy atom. The number of fused-ring (bicyclic) bond motifs is 1. The Bertz CT molecular complexity index is 782. The molecule has 0 radical (unpaired) electrons. The average Bonchev–Trinajstić information content (AvgIpc) is 2.79. The van der Waals surface area contributed by atoms with Crippen molar-refractivity contribution in [2.45, 2.75) is 0 Å². The van der Waals surface area contributed by atoms with Crippen LogP contribution in [0, 0.1) is 0 Å². The molecule has 3 aromatic rings. The maximum Gasteiger partial charge on any atom is 0.278 e. The van der Waals surface area contributed by atoms with Crippen molar-refractivity contribution in [3.63, 3.8) is 0 Å². The van der Waals surface area contributed by atoms with Crippen LogP contribution in [0.4, 0.5) is 11.5 Å². The summed E-state index contributed by atoms with van der Waals surface area (Å²) < 4.78 is 2.45. The van der Waals surface area contributed by atoms with Crippen LogP contribution in [-0.4, -0.2) is 15.3 Å². The van der Waals surface area contributed by atoms with Crippen LogP contribution in [0.5, 0.6) is 0 Å². The summed E-state index contributed by atoms with van der Waals surface area (Å²) in [4.78, 5) is 16.5. The van der Waals surface area contributed by atoms with Crippen molar-refractivity contribution in [2.24, 2.45) is 0 Å². The number of hydrogen-bond donors (Lipinski definition) is 2. The second kappa shape index (κ2) is 4.97. The van der Waals surface area contributed by atoms with E-state index in [0.29, 0.717) is 17.2 Å². The lowest BCUT2D eigenvalue weighted by atomic mass is 10.3. The van der Waals surface area contributed by atoms with Gasteiger partial charge in [-0.3, -0.25) is 9.20 Å². The predicted molar refractivity (Wildman–Crippen MR) is 81.7 cm³/mol. The molecule has 100 valence electrons. The molecule has 3 rings (SSSR count). The molecule has 0 aliphatic heterocycles. The van der Waals surface area contributed by atoms with Crippen LogP contribution in [-0.2, 0) is 0 Å². The van der Waals surface area contributed by atoms with Gasteiger partial charge in [-0.25, -0.2) is 4.98 Å². The largest absolute Gasteiger partial charge is 0.383 e. The van der Waals surface area contributed by atoms with Gasteiger partial charge in [0.15, 0.2) is 11.3 Å². The minimum Gasteiger partial charge on any atom is -0.383 e. The molecule has 0 fully saturated rings. The Labute approximate surface area is 123 Å². The number of nitrogens with one attached hydrogen (secondary N) is 1. The summed E-state index contributed by atoms with van der Waals surface area (Å²) in [6, 6.07) is 12.9. The molecule has 0 saturated carbocycles. The number of anilines is 2. The third-order valence-electron chi connectivity index (χ3n) is 2.89. The van der Waals surface area contributed by atoms with E-state index in [2.05, 4.69) is 26.2 Å². The summed E-state index contributed by atoms with van der Waals surface area (Å²) in [5.74, 6) is -0.0148. The average molecular weight is 331 g/mol. The Balaban J connectivity index is 2.00. The van der Waals surface area contributed by atoms with E-state index in [1.54, 1.807) is 22.7 Å². The standard InChI is InChI=1S/C14H11BrN4O/c15-10-7-4-8-19-12(16)11(18-13(10)19)14(20)17-9-5-2-1-3-6-9/h1-8H,16H2,(H,17,20). The van der Waals surface area contributed by atoms with Crippen molar-refractivity contribution in [1.82, 2.24) is 9.38 Å². The lowest BCUT2D eigenvalue weighted by Crippen LogP contribution is -2.14. The van der Waals surface area contributed by atoms with E-state index < -0.39 is 0 Å². The van der Waals surface area contributed by atoms with Crippen LogP contribution >= 0.6 is 15.9 Å². The van der Waals surface area contributed by atoms with Crippen LogP contribution in [0.1, 0.15) is 10.5 Å². The van der Waals surface area contributed by atoms with Gasteiger partial charge in [0.05, 0.1) is 4.47 Å². The van der Waals surface area contributed by atoms with Crippen molar-refractivity contribution in [2.75, 3.05) is 11.1 Å². The number of hydrogen-bond acceptors (Lipinski definition) is 3. The van der Waals surface area contributed by atoms with Gasteiger partial charge in [0.2, 0.25) is 0 Å². The maximum absolute atomic E-state index is 12.2. The van der Waals surface area contributed by atoms with Gasteiger partial charge in [-0.15, -0.1) is 0 Å². The first-order chi connectivity index (χ1) is 9.66. The lowest BCUT2D eigenvalue weighted by molar-refractivity contribution is 0.102. The number of nitrogens with two attached hydrogens (primary N) is 1. The number of carbonyl (C=O) groups is 1. The quantitative estimate of drug-likeness (QED) is 0.758. The second-order valence-electron chi connectivity index (χ2n) is 4.22. The third kappa shape index (κ3) is 2.14. The molecule has 0 aliphatic rings. The zero-order chi connectivity index (χ0) is 14.1. The van der Waals surface area contributed by atoms with Crippen LogP contribution < -0.4 is 11.1 Å². The first-order valence-electron chi connectivity index (χ1n) is 5.95. The number of imidazole rings is 1. The van der Waals surface area contributed by atoms with Crippen LogP contribution in [0.15, 0.2) is 53.1 Å². The third-order valence-corrected chi connectivity index (χ3v) is 3.51. The summed E-state index contributed by atoms with van der Waals surface area (Å²) in [5, 5.41) is 2.77. The molecule has 2 aromatic heterocycles. The highest BCUT2D eigenvalue weighted by atomic mass is 79.9. The summed E-state index contributed by atoms with van der Waals surface area (Å²) in [7, 11) is 0. The first kappa shape index (κ1) is 12.7. The van der Waals surface area contributed by atoms with Crippen molar-refractivity contribution >= 4 is 39.0 Å². The minimum absolute atomic E-state index is 0.209. The van der Waals surface area contributed by atoms with Gasteiger partial charge in [-0.05, 0) is 40.2 Å². The van der Waals surface area contributed by atoms with E-state index in [1.165, 1.54) is 0 Å². The van der Waals surface area contributed by atoms with E-state index >= 15 is 0 Å². The minimum atomic E-state index is -0.329. The SMILES string of the molecule is Nc1c(C(=O)Nc2ccccc2)nc2c(Br)cccn12. The smallest absolute Gasteiger partial charge is 0.278 e. The zero-order valence-electron chi connectivity index (χ0n) is 10.4. The number of para-hydroxylation sites is 1. The van der Waals surface area contributed by atoms with E-state index in [9.17, 15) is 4.79 Å². The molecule has 1 amide bonds. The highest BCUT2D eigenvalue weighted by Crippen LogP contribution is 2.22. The second-order valence-corrected chi connectivity index (χ2v) is 5.07. The molecular weight excluding hydrogens is 320 g/mol. The van der Waals surface area contributed by atoms with Gasteiger partial charge in [0.1, 0.15) is 5.82 Å². The lowest BCUT2D eigenvalue weighted by Gasteiger charge is -2.03. The van der Waals surface area contributed by atoms with Crippen molar-refractivity contribution in [3.8, 4) is 0 Å². The number of nitrogens with zero attached hydrogens (tertiary/aromatic N) is 2. The molecule has 1 aromatic carbocycles. The van der Waals surface area contributed by atoms with Gasteiger partial charge in [-0.1, -0.05) is 18.2 Å². The van der Waals surface area contributed by atoms with Gasteiger partial charge in [-0.2, -0.15) is 0 Å². The fraction of sp³-hybridized carbons (Fsp3) is 0. The van der Waals surface area contributed by atoms with Gasteiger partial charge < -0.3 is 11.1 Å². The Morgan fingerprint density at radius 3 is 2.65 bits per heavy atom. The van der Waals surface area contributed by atoms with Gasteiger partial charge >= 0.3 is 0 Å². The number of aromatic nitrogens is 2. The van der Waals surface area contributed by atoms with Crippen LogP contribution in [0.3, 0.4) is 0 Å². The van der Waals surface area contributed by atoms with E-state index in [0.717, 1.165) is 4.47 Å². The molecule has 0 bridgehead atoms. The Hall–Kier alpha value is -2.34. The van der Waals surface area contributed by atoms with E-state index in [1.807, 2.05) is 30.3 Å². The maximum atomic E-state index is 12.2. The topological polar surface area (TPSA) is 72.4 Å². The van der Waals surface area contributed by atoms with Crippen molar-refractivity contribution in [3.05, 3.63) is 58.8 Å². The summed E-state index contributed by atoms with van der Waals surface area (Å²) >= 11 is 3.39. The Morgan fingerprint density at radius 2 is 1.95 bits per heavy atom. The van der Waals surface area contributed by atoms with Crippen LogP contribution in [0.25, 0.3) is 5.65 Å². The van der Waals surface area contributed by atoms with Gasteiger partial charge in [0, 0.05) is 11.9 Å². The number of amides is 1. The number of halogens is 1. The van der Waals surface area contributed by atoms with Gasteiger partial charge in [0.25, 0.3) is 5.91 Å². The number of benzene rings is 1. The van der Waals surface area contributed by atoms with Crippen LogP contribution in [0.2, 0.25) is 0 Å². The molecule has 0 atom stereocenters. The molecule has 2 heterocycles. The summed E-state index contributed by atoms with van der Waals surface area (Å²) in [5.41, 5.74) is 7.51. The fourth-order valence-corrected chi connectivity index (χ4v) is 2.36. The number of carbonyl (C=O) groups excluding carboxylic acids is 1. The highest BCUT2D eigenvalue weighted by Gasteiger charge is 2.17. The Kier molecular flexibility index (Phi) is 3.15.